The lowest BCUT2D eigenvalue weighted by Gasteiger charge is -2.51. The minimum absolute atomic E-state index is 0.00172. The van der Waals surface area contributed by atoms with Crippen molar-refractivity contribution < 1.29 is 47.3 Å². The van der Waals surface area contributed by atoms with Crippen LogP contribution in [0.4, 0.5) is 24.2 Å². The number of piperazine rings is 1. The Bertz CT molecular complexity index is 3810. The molecule has 4 amide bonds. The van der Waals surface area contributed by atoms with Gasteiger partial charge in [0.1, 0.15) is 42.1 Å². The average Bonchev–Trinajstić information content (AvgIpc) is 1.46. The summed E-state index contributed by atoms with van der Waals surface area (Å²) in [6, 6.07) is 12.2. The van der Waals surface area contributed by atoms with Gasteiger partial charge < -0.3 is 29.1 Å². The molecule has 3 aromatic heterocycles. The van der Waals surface area contributed by atoms with Crippen molar-refractivity contribution in [2.75, 3.05) is 57.4 Å². The van der Waals surface area contributed by atoms with E-state index in [2.05, 4.69) is 51.7 Å². The van der Waals surface area contributed by atoms with Gasteiger partial charge in [-0.15, -0.1) is 6.42 Å². The number of terminal acetylenes is 1. The largest absolute Gasteiger partial charge is 0.465 e. The molecule has 2 N–H and O–H groups in total. The number of halogens is 2. The molecule has 10 heterocycles. The van der Waals surface area contributed by atoms with Gasteiger partial charge in [-0.25, -0.2) is 23.2 Å². The van der Waals surface area contributed by atoms with Gasteiger partial charge in [0.25, 0.3) is 0 Å². The second kappa shape index (κ2) is 22.5. The molecule has 0 spiro atoms. The molecule has 6 atom stereocenters. The molecule has 6 aromatic rings. The van der Waals surface area contributed by atoms with Crippen LogP contribution in [0.1, 0.15) is 115 Å². The molecule has 13 rings (SSSR count). The molecule has 452 valence electrons. The Hall–Kier alpha value is -7.74. The van der Waals surface area contributed by atoms with Gasteiger partial charge in [-0.3, -0.25) is 43.7 Å². The predicted octanol–water partition coefficient (Wildman–Crippen LogP) is 8.14. The molecule has 86 heavy (non-hydrogen) atoms. The number of nitrogens with one attached hydrogen (secondary N) is 1. The van der Waals surface area contributed by atoms with Gasteiger partial charge in [0.2, 0.25) is 11.8 Å². The first-order valence-corrected chi connectivity index (χ1v) is 30.4. The number of imidazole rings is 1. The lowest BCUT2D eigenvalue weighted by atomic mass is 9.79. The van der Waals surface area contributed by atoms with Gasteiger partial charge >= 0.3 is 23.9 Å². The third-order valence-electron chi connectivity index (χ3n) is 19.7. The Kier molecular flexibility index (Phi) is 15.0. The van der Waals surface area contributed by atoms with Gasteiger partial charge in [0, 0.05) is 75.9 Å². The molecule has 7 aliphatic rings. The Morgan fingerprint density at radius 3 is 2.43 bits per heavy atom. The number of aryl methyl sites for hydroxylation is 1. The minimum atomic E-state index is -0.968. The maximum Gasteiger partial charge on any atom is 0.409 e. The number of carbonyl (C=O) groups excluding carboxylic acids is 3. The van der Waals surface area contributed by atoms with Crippen LogP contribution in [-0.4, -0.2) is 167 Å². The summed E-state index contributed by atoms with van der Waals surface area (Å²) in [5.74, 6) is 0.721. The van der Waals surface area contributed by atoms with Gasteiger partial charge in [0.05, 0.1) is 57.9 Å². The van der Waals surface area contributed by atoms with Crippen LogP contribution in [0.3, 0.4) is 0 Å². The number of carboxylic acid groups (broad SMARTS) is 1. The molecular formula is C64H73F2N11O9. The Morgan fingerprint density at radius 2 is 1.69 bits per heavy atom. The summed E-state index contributed by atoms with van der Waals surface area (Å²) in [4.78, 5) is 89.0. The first-order valence-electron chi connectivity index (χ1n) is 30.4. The molecule has 22 heteroatoms. The first kappa shape index (κ1) is 57.3. The number of amides is 4. The van der Waals surface area contributed by atoms with Crippen LogP contribution in [0.2, 0.25) is 0 Å². The van der Waals surface area contributed by atoms with Gasteiger partial charge in [0.15, 0.2) is 5.82 Å². The van der Waals surface area contributed by atoms with E-state index in [1.165, 1.54) is 10.6 Å². The van der Waals surface area contributed by atoms with E-state index in [1.54, 1.807) is 51.9 Å². The zero-order chi connectivity index (χ0) is 59.9. The van der Waals surface area contributed by atoms with E-state index in [4.69, 9.17) is 30.6 Å². The fourth-order valence-corrected chi connectivity index (χ4v) is 15.6. The number of fused-ring (bicyclic) bond motifs is 6. The Morgan fingerprint density at radius 1 is 0.907 bits per heavy atom. The average molecular weight is 1180 g/mol. The van der Waals surface area contributed by atoms with Crippen LogP contribution >= 0.6 is 0 Å². The van der Waals surface area contributed by atoms with E-state index in [9.17, 15) is 29.1 Å². The number of benzene rings is 3. The quantitative estimate of drug-likeness (QED) is 0.0875. The maximum absolute atomic E-state index is 17.6. The summed E-state index contributed by atoms with van der Waals surface area (Å²) in [7, 11) is 1.71. The van der Waals surface area contributed by atoms with Crippen molar-refractivity contribution in [3.8, 4) is 29.6 Å². The van der Waals surface area contributed by atoms with Crippen LogP contribution in [0, 0.1) is 29.4 Å². The molecule has 7 fully saturated rings. The number of rotatable bonds is 12. The highest BCUT2D eigenvalue weighted by Gasteiger charge is 2.54. The van der Waals surface area contributed by atoms with Crippen LogP contribution in [0.15, 0.2) is 59.5 Å². The van der Waals surface area contributed by atoms with Crippen LogP contribution in [0.5, 0.6) is 6.01 Å². The maximum atomic E-state index is 17.6. The number of piperidine rings is 3. The Balaban J connectivity index is 0.645. The summed E-state index contributed by atoms with van der Waals surface area (Å²) in [5.41, 5.74) is 1.55. The minimum Gasteiger partial charge on any atom is -0.465 e. The van der Waals surface area contributed by atoms with E-state index in [0.29, 0.717) is 72.1 Å². The number of likely N-dealkylation sites (tertiary alicyclic amines) is 2. The summed E-state index contributed by atoms with van der Waals surface area (Å²) in [5, 5.41) is 14.1. The summed E-state index contributed by atoms with van der Waals surface area (Å²) in [6.45, 7) is 11.3. The number of pyridine rings is 1. The molecule has 7 saturated heterocycles. The van der Waals surface area contributed by atoms with Gasteiger partial charge in [-0.1, -0.05) is 57.0 Å². The third-order valence-corrected chi connectivity index (χ3v) is 19.7. The topological polar surface area (TPSA) is 210 Å². The van der Waals surface area contributed by atoms with Gasteiger partial charge in [-0.2, -0.15) is 9.97 Å². The van der Waals surface area contributed by atoms with Crippen LogP contribution in [0.25, 0.3) is 44.0 Å². The molecule has 4 unspecified atom stereocenters. The third kappa shape index (κ3) is 10.3. The van der Waals surface area contributed by atoms with E-state index in [1.807, 2.05) is 18.2 Å². The summed E-state index contributed by atoms with van der Waals surface area (Å²) >= 11 is 0. The van der Waals surface area contributed by atoms with Crippen LogP contribution < -0.4 is 20.6 Å². The second-order valence-electron chi connectivity index (χ2n) is 25.8. The highest BCUT2D eigenvalue weighted by Crippen LogP contribution is 2.47. The first-order chi connectivity index (χ1) is 41.4. The molecule has 2 bridgehead atoms. The van der Waals surface area contributed by atoms with Crippen LogP contribution in [-0.2, 0) is 32.7 Å². The Labute approximate surface area is 496 Å². The lowest BCUT2D eigenvalue weighted by Crippen LogP contribution is -2.65. The zero-order valence-electron chi connectivity index (χ0n) is 49.1. The molecule has 0 radical (unpaired) electrons. The SMILES string of the molecule is C#Cc1c(F)ccc2cccc(-c3ncc4c(N5CC6CCC(C5C(C)(C)C)N6C(=O)O)nc(OC[C@@]56CCCN5[C@H](COC(=O)N5CCC(OC7CCN(Cc8ccc9c(c8)n(C)c(=O)n9C8CCC(=O)NC8=O)CC7)CC5)CC6)nc4c3F)c12. The molecule has 0 aliphatic carbocycles. The monoisotopic (exact) mass is 1180 g/mol. The van der Waals surface area contributed by atoms with Crippen molar-refractivity contribution in [3.05, 3.63) is 88.0 Å². The smallest absolute Gasteiger partial charge is 0.409 e. The number of hydrogen-bond donors (Lipinski definition) is 2. The lowest BCUT2D eigenvalue weighted by molar-refractivity contribution is -0.135. The molecule has 7 aliphatic heterocycles. The fourth-order valence-electron chi connectivity index (χ4n) is 15.6. The summed E-state index contributed by atoms with van der Waals surface area (Å²) < 4.78 is 55.4. The fraction of sp³-hybridized carbons (Fsp3) is 0.531. The number of hydrogen-bond acceptors (Lipinski definition) is 14. The second-order valence-corrected chi connectivity index (χ2v) is 25.8. The number of nitrogens with zero attached hydrogens (tertiary/aromatic N) is 10. The zero-order valence-corrected chi connectivity index (χ0v) is 49.1. The van der Waals surface area contributed by atoms with E-state index >= 15 is 8.78 Å². The number of anilines is 1. The van der Waals surface area contributed by atoms with E-state index < -0.39 is 40.6 Å². The number of carbonyl (C=O) groups is 4. The van der Waals surface area contributed by atoms with Gasteiger partial charge in [-0.05, 0) is 112 Å². The van der Waals surface area contributed by atoms with Crippen molar-refractivity contribution >= 4 is 62.5 Å². The summed E-state index contributed by atoms with van der Waals surface area (Å²) in [6.07, 6.45) is 14.6. The highest BCUT2D eigenvalue weighted by atomic mass is 19.1. The van der Waals surface area contributed by atoms with E-state index in [-0.39, 0.29) is 103 Å². The van der Waals surface area contributed by atoms with E-state index in [0.717, 1.165) is 82.1 Å². The molecular weight excluding hydrogens is 1100 g/mol. The predicted molar refractivity (Wildman–Crippen MR) is 317 cm³/mol. The molecule has 20 nitrogen and oxygen atoms in total. The van der Waals surface area contributed by atoms with Crippen molar-refractivity contribution in [2.45, 2.75) is 152 Å². The number of imide groups is 1. The number of ether oxygens (including phenoxy) is 3. The number of aromatic nitrogens is 5. The standard InChI is InChI=1S/C64H73F2N11O9/c1-6-43-46(65)14-12-38-9-7-10-44(52(38)43)54-53(66)55-45(32-67-54)57(74-34-39-13-16-48(76(39)61(81)82)56(74)63(2,3)4)70-59(69-55)85-36-64-24-8-26-75(64)40(19-25-64)35-84-62(83)73-29-22-42(23-30-73)86-41-20-27-72(28-21-41)33-37-11-15-47-50(31-37)71(5)60(80)77(47)49-17-18-51(78)68-58(49)79/h1,7,9-12,14-15,31-32,39-42,48-49,56H,8,13,16-30,33-36H2,2-5H3,(H,81,82)(H,68,78,79)/t39?,40-,48?,49?,56?,64-/m0/s1. The van der Waals surface area contributed by atoms with Crippen molar-refractivity contribution in [3.63, 3.8) is 0 Å². The highest BCUT2D eigenvalue weighted by molar-refractivity contribution is 6.02. The molecule has 0 saturated carbocycles. The molecule has 3 aromatic carbocycles. The van der Waals surface area contributed by atoms with Crippen molar-refractivity contribution in [2.24, 2.45) is 12.5 Å². The van der Waals surface area contributed by atoms with Crippen molar-refractivity contribution in [1.29, 1.82) is 0 Å². The van der Waals surface area contributed by atoms with Crippen molar-refractivity contribution in [1.82, 2.24) is 49.0 Å². The normalized spacial score (nSPS) is 25.1.